The van der Waals surface area contributed by atoms with Crippen molar-refractivity contribution in [1.82, 2.24) is 29.6 Å². The van der Waals surface area contributed by atoms with Gasteiger partial charge in [0.25, 0.3) is 0 Å². The number of anilines is 2. The maximum absolute atomic E-state index is 13.7. The van der Waals surface area contributed by atoms with Crippen LogP contribution in [0.2, 0.25) is 0 Å². The van der Waals surface area contributed by atoms with Crippen LogP contribution in [0.25, 0.3) is 22.3 Å². The number of fused-ring (bicyclic) bond motifs is 2. The van der Waals surface area contributed by atoms with Crippen molar-refractivity contribution in [2.45, 2.75) is 13.0 Å². The van der Waals surface area contributed by atoms with E-state index in [0.29, 0.717) is 49.9 Å². The summed E-state index contributed by atoms with van der Waals surface area (Å²) in [6.45, 7) is 3.21. The molecule has 9 nitrogen and oxygen atoms in total. The number of ether oxygens (including phenoxy) is 1. The lowest BCUT2D eigenvalue weighted by Crippen LogP contribution is -2.42. The summed E-state index contributed by atoms with van der Waals surface area (Å²) in [6.07, 6.45) is 5.79. The second-order valence-corrected chi connectivity index (χ2v) is 8.36. The van der Waals surface area contributed by atoms with Gasteiger partial charge in [-0.2, -0.15) is 5.10 Å². The molecule has 0 saturated carbocycles. The van der Waals surface area contributed by atoms with Crippen LogP contribution in [-0.4, -0.2) is 68.4 Å². The molecular formula is C24H22FN7O2. The fourth-order valence-corrected chi connectivity index (χ4v) is 4.51. The molecule has 1 saturated heterocycles. The van der Waals surface area contributed by atoms with Gasteiger partial charge in [0.05, 0.1) is 30.6 Å². The maximum Gasteiger partial charge on any atom is 0.244 e. The Morgan fingerprint density at radius 2 is 1.97 bits per heavy atom. The van der Waals surface area contributed by atoms with Crippen LogP contribution in [0.5, 0.6) is 0 Å². The number of hydrogen-bond acceptors (Lipinski definition) is 7. The summed E-state index contributed by atoms with van der Waals surface area (Å²) in [5, 5.41) is 4.37. The number of hydrogen-bond donors (Lipinski definition) is 0. The smallest absolute Gasteiger partial charge is 0.244 e. The highest BCUT2D eigenvalue weighted by Crippen LogP contribution is 2.36. The standard InChI is InChI=1S/C24H22FN7O2/c25-18-1-4-21-16(11-18)5-6-32(21)24-23-20(26-15-27-24)3-2-19(29-23)17-12-28-31(13-17)14-22(33)30-7-9-34-10-8-30/h1-4,11-13,15H,5-10,14H2. The third-order valence-corrected chi connectivity index (χ3v) is 6.25. The molecule has 0 unspecified atom stereocenters. The molecule has 1 amide bonds. The zero-order chi connectivity index (χ0) is 23.1. The second-order valence-electron chi connectivity index (χ2n) is 8.36. The fourth-order valence-electron chi connectivity index (χ4n) is 4.51. The highest BCUT2D eigenvalue weighted by atomic mass is 19.1. The van der Waals surface area contributed by atoms with E-state index >= 15 is 0 Å². The van der Waals surface area contributed by atoms with Gasteiger partial charge in [-0.15, -0.1) is 0 Å². The molecule has 172 valence electrons. The number of halogens is 1. The molecule has 0 N–H and O–H groups in total. The first-order chi connectivity index (χ1) is 16.7. The molecule has 5 heterocycles. The van der Waals surface area contributed by atoms with Crippen LogP contribution in [0.1, 0.15) is 5.56 Å². The molecule has 0 bridgehead atoms. The van der Waals surface area contributed by atoms with Crippen molar-refractivity contribution >= 4 is 28.4 Å². The number of rotatable bonds is 4. The predicted octanol–water partition coefficient (Wildman–Crippen LogP) is 2.58. The van der Waals surface area contributed by atoms with Gasteiger partial charge < -0.3 is 14.5 Å². The van der Waals surface area contributed by atoms with E-state index in [9.17, 15) is 9.18 Å². The number of benzene rings is 1. The van der Waals surface area contributed by atoms with Crippen LogP contribution in [0.15, 0.2) is 49.1 Å². The number of pyridine rings is 1. The summed E-state index contributed by atoms with van der Waals surface area (Å²) in [5.41, 5.74) is 4.79. The number of carbonyl (C=O) groups excluding carboxylic acids is 1. The molecular weight excluding hydrogens is 437 g/mol. The maximum atomic E-state index is 13.7. The summed E-state index contributed by atoms with van der Waals surface area (Å²) in [7, 11) is 0. The van der Waals surface area contributed by atoms with Crippen molar-refractivity contribution in [3.63, 3.8) is 0 Å². The molecule has 34 heavy (non-hydrogen) atoms. The van der Waals surface area contributed by atoms with E-state index in [1.54, 1.807) is 27.9 Å². The Bertz CT molecular complexity index is 1380. The Kier molecular flexibility index (Phi) is 5.14. The van der Waals surface area contributed by atoms with Crippen LogP contribution in [-0.2, 0) is 22.5 Å². The second kappa shape index (κ2) is 8.45. The Labute approximate surface area is 194 Å². The Balaban J connectivity index is 1.30. The van der Waals surface area contributed by atoms with Crippen molar-refractivity contribution in [3.05, 3.63) is 60.4 Å². The van der Waals surface area contributed by atoms with E-state index in [1.807, 2.05) is 18.3 Å². The van der Waals surface area contributed by atoms with Gasteiger partial charge in [-0.05, 0) is 42.3 Å². The quantitative estimate of drug-likeness (QED) is 0.463. The van der Waals surface area contributed by atoms with Gasteiger partial charge in [-0.25, -0.2) is 19.3 Å². The highest BCUT2D eigenvalue weighted by Gasteiger charge is 2.24. The molecule has 0 aliphatic carbocycles. The van der Waals surface area contributed by atoms with Crippen LogP contribution in [0.4, 0.5) is 15.9 Å². The van der Waals surface area contributed by atoms with Crippen LogP contribution >= 0.6 is 0 Å². The molecule has 3 aromatic heterocycles. The first-order valence-corrected chi connectivity index (χ1v) is 11.2. The molecule has 2 aliphatic rings. The summed E-state index contributed by atoms with van der Waals surface area (Å²) >= 11 is 0. The predicted molar refractivity (Wildman–Crippen MR) is 123 cm³/mol. The molecule has 2 aliphatic heterocycles. The van der Waals surface area contributed by atoms with Gasteiger partial charge in [0.15, 0.2) is 5.82 Å². The summed E-state index contributed by atoms with van der Waals surface area (Å²) in [5.74, 6) is 0.467. The van der Waals surface area contributed by atoms with Gasteiger partial charge in [0.1, 0.15) is 24.2 Å². The lowest BCUT2D eigenvalue weighted by atomic mass is 10.1. The molecule has 1 aromatic carbocycles. The first kappa shape index (κ1) is 20.7. The van der Waals surface area contributed by atoms with Crippen LogP contribution in [0.3, 0.4) is 0 Å². The zero-order valence-corrected chi connectivity index (χ0v) is 18.4. The molecule has 0 spiro atoms. The molecule has 0 atom stereocenters. The number of amides is 1. The normalized spacial score (nSPS) is 15.7. The SMILES string of the molecule is O=C(Cn1cc(-c2ccc3ncnc(N4CCc5cc(F)ccc54)c3n2)cn1)N1CCOCC1. The summed E-state index contributed by atoms with van der Waals surface area (Å²) < 4.78 is 20.6. The third kappa shape index (κ3) is 3.75. The Morgan fingerprint density at radius 3 is 2.85 bits per heavy atom. The Morgan fingerprint density at radius 1 is 1.09 bits per heavy atom. The van der Waals surface area contributed by atoms with Gasteiger partial charge in [-0.3, -0.25) is 9.48 Å². The van der Waals surface area contributed by atoms with Crippen molar-refractivity contribution < 1.29 is 13.9 Å². The average molecular weight is 459 g/mol. The zero-order valence-electron chi connectivity index (χ0n) is 18.4. The third-order valence-electron chi connectivity index (χ3n) is 6.25. The minimum Gasteiger partial charge on any atom is -0.378 e. The van der Waals surface area contributed by atoms with Crippen molar-refractivity contribution in [1.29, 1.82) is 0 Å². The first-order valence-electron chi connectivity index (χ1n) is 11.2. The fraction of sp³-hybridized carbons (Fsp3) is 0.292. The largest absolute Gasteiger partial charge is 0.378 e. The van der Waals surface area contributed by atoms with Gasteiger partial charge >= 0.3 is 0 Å². The minimum absolute atomic E-state index is 0.0178. The van der Waals surface area contributed by atoms with Gasteiger partial charge in [-0.1, -0.05) is 0 Å². The lowest BCUT2D eigenvalue weighted by molar-refractivity contribution is -0.136. The molecule has 6 rings (SSSR count). The van der Waals surface area contributed by atoms with E-state index < -0.39 is 0 Å². The molecule has 10 heteroatoms. The van der Waals surface area contributed by atoms with E-state index in [4.69, 9.17) is 9.72 Å². The summed E-state index contributed by atoms with van der Waals surface area (Å²) in [4.78, 5) is 30.1. The average Bonchev–Trinajstić information content (AvgIpc) is 3.50. The van der Waals surface area contributed by atoms with E-state index in [2.05, 4.69) is 20.0 Å². The number of morpholine rings is 1. The number of nitrogens with zero attached hydrogens (tertiary/aromatic N) is 7. The number of carbonyl (C=O) groups is 1. The Hall–Kier alpha value is -3.92. The highest BCUT2D eigenvalue weighted by molar-refractivity contribution is 5.90. The lowest BCUT2D eigenvalue weighted by Gasteiger charge is -2.26. The number of aromatic nitrogens is 5. The molecule has 4 aromatic rings. The molecule has 0 radical (unpaired) electrons. The van der Waals surface area contributed by atoms with E-state index in [1.165, 1.54) is 12.4 Å². The van der Waals surface area contributed by atoms with Gasteiger partial charge in [0.2, 0.25) is 5.91 Å². The van der Waals surface area contributed by atoms with Crippen LogP contribution < -0.4 is 4.90 Å². The van der Waals surface area contributed by atoms with Gasteiger partial charge in [0, 0.05) is 37.1 Å². The topological polar surface area (TPSA) is 89.3 Å². The van der Waals surface area contributed by atoms with E-state index in [0.717, 1.165) is 28.8 Å². The minimum atomic E-state index is -0.238. The monoisotopic (exact) mass is 459 g/mol. The van der Waals surface area contributed by atoms with E-state index in [-0.39, 0.29) is 18.3 Å². The van der Waals surface area contributed by atoms with Crippen LogP contribution in [0, 0.1) is 5.82 Å². The van der Waals surface area contributed by atoms with Crippen molar-refractivity contribution in [3.8, 4) is 11.3 Å². The molecule has 1 fully saturated rings. The summed E-state index contributed by atoms with van der Waals surface area (Å²) in [6, 6.07) is 8.61. The van der Waals surface area contributed by atoms with Crippen molar-refractivity contribution in [2.75, 3.05) is 37.7 Å². The van der Waals surface area contributed by atoms with Crippen molar-refractivity contribution in [2.24, 2.45) is 0 Å².